The molecule has 0 saturated carbocycles. The SMILES string of the molecule is O=C(O)c1ccc(CNC(=O)c2cc(-c3cn[nH]c3)ccc2Oc2ccc(F)cc2)cc1. The van der Waals surface area contributed by atoms with E-state index in [1.165, 1.54) is 36.4 Å². The van der Waals surface area contributed by atoms with Gasteiger partial charge in [0.05, 0.1) is 17.3 Å². The zero-order valence-electron chi connectivity index (χ0n) is 16.7. The van der Waals surface area contributed by atoms with Crippen LogP contribution in [0.3, 0.4) is 0 Å². The number of carbonyl (C=O) groups excluding carboxylic acids is 1. The number of hydrogen-bond acceptors (Lipinski definition) is 4. The minimum absolute atomic E-state index is 0.169. The Bertz CT molecular complexity index is 1240. The van der Waals surface area contributed by atoms with Crippen LogP contribution in [0.15, 0.2) is 79.1 Å². The number of benzene rings is 3. The fourth-order valence-corrected chi connectivity index (χ4v) is 3.06. The highest BCUT2D eigenvalue weighted by molar-refractivity contribution is 5.98. The van der Waals surface area contributed by atoms with Gasteiger partial charge in [-0.15, -0.1) is 0 Å². The lowest BCUT2D eigenvalue weighted by Gasteiger charge is -2.13. The largest absolute Gasteiger partial charge is 0.478 e. The van der Waals surface area contributed by atoms with Crippen LogP contribution in [0.1, 0.15) is 26.3 Å². The van der Waals surface area contributed by atoms with Crippen LogP contribution >= 0.6 is 0 Å². The molecule has 4 aromatic rings. The summed E-state index contributed by atoms with van der Waals surface area (Å²) in [5.41, 5.74) is 2.77. The summed E-state index contributed by atoms with van der Waals surface area (Å²) in [5, 5.41) is 18.5. The standard InChI is InChI=1S/C24H18FN3O4/c25-19-6-8-20(9-7-19)32-22-10-5-17(18-13-27-28-14-18)11-21(22)23(29)26-12-15-1-3-16(4-2-15)24(30)31/h1-11,13-14H,12H2,(H,26,29)(H,27,28)(H,30,31). The number of ether oxygens (including phenoxy) is 1. The average Bonchev–Trinajstić information content (AvgIpc) is 3.34. The van der Waals surface area contributed by atoms with Crippen LogP contribution in [0.2, 0.25) is 0 Å². The van der Waals surface area contributed by atoms with E-state index in [1.807, 2.05) is 0 Å². The smallest absolute Gasteiger partial charge is 0.335 e. The molecule has 0 atom stereocenters. The van der Waals surface area contributed by atoms with Crippen molar-refractivity contribution in [3.8, 4) is 22.6 Å². The molecule has 8 heteroatoms. The second kappa shape index (κ2) is 9.13. The molecule has 0 aliphatic rings. The molecule has 3 aromatic carbocycles. The number of nitrogens with zero attached hydrogens (tertiary/aromatic N) is 1. The lowest BCUT2D eigenvalue weighted by molar-refractivity contribution is 0.0696. The van der Waals surface area contributed by atoms with Crippen LogP contribution < -0.4 is 10.1 Å². The van der Waals surface area contributed by atoms with E-state index in [4.69, 9.17) is 9.84 Å². The number of halogens is 1. The van der Waals surface area contributed by atoms with Gasteiger partial charge < -0.3 is 15.2 Å². The molecule has 7 nitrogen and oxygen atoms in total. The van der Waals surface area contributed by atoms with Crippen LogP contribution in [0.5, 0.6) is 11.5 Å². The molecule has 0 fully saturated rings. The molecule has 32 heavy (non-hydrogen) atoms. The van der Waals surface area contributed by atoms with Crippen molar-refractivity contribution in [2.24, 2.45) is 0 Å². The first-order valence-electron chi connectivity index (χ1n) is 9.66. The maximum atomic E-state index is 13.2. The number of carboxylic acid groups (broad SMARTS) is 1. The number of amides is 1. The molecule has 0 unspecified atom stereocenters. The van der Waals surface area contributed by atoms with Crippen molar-refractivity contribution in [3.63, 3.8) is 0 Å². The monoisotopic (exact) mass is 431 g/mol. The van der Waals surface area contributed by atoms with E-state index in [0.717, 1.165) is 16.7 Å². The van der Waals surface area contributed by atoms with Gasteiger partial charge in [-0.25, -0.2) is 9.18 Å². The average molecular weight is 431 g/mol. The van der Waals surface area contributed by atoms with Crippen molar-refractivity contribution >= 4 is 11.9 Å². The van der Waals surface area contributed by atoms with Crippen LogP contribution in [-0.2, 0) is 6.54 Å². The van der Waals surface area contributed by atoms with Gasteiger partial charge in [0.2, 0.25) is 0 Å². The summed E-state index contributed by atoms with van der Waals surface area (Å²) >= 11 is 0. The molecule has 0 spiro atoms. The molecule has 0 aliphatic heterocycles. The Morgan fingerprint density at radius 3 is 2.41 bits per heavy atom. The lowest BCUT2D eigenvalue weighted by atomic mass is 10.0. The Morgan fingerprint density at radius 2 is 1.75 bits per heavy atom. The Kier molecular flexibility index (Phi) is 5.94. The normalized spacial score (nSPS) is 10.5. The Hall–Kier alpha value is -4.46. The van der Waals surface area contributed by atoms with Gasteiger partial charge in [0.25, 0.3) is 5.91 Å². The second-order valence-electron chi connectivity index (χ2n) is 6.94. The maximum absolute atomic E-state index is 13.2. The molecule has 0 radical (unpaired) electrons. The Balaban J connectivity index is 1.58. The number of aromatic amines is 1. The van der Waals surface area contributed by atoms with Gasteiger partial charge in [-0.3, -0.25) is 9.89 Å². The van der Waals surface area contributed by atoms with Crippen LogP contribution in [0.4, 0.5) is 4.39 Å². The van der Waals surface area contributed by atoms with Crippen molar-refractivity contribution in [2.45, 2.75) is 6.54 Å². The molecular weight excluding hydrogens is 413 g/mol. The fraction of sp³-hybridized carbons (Fsp3) is 0.0417. The van der Waals surface area contributed by atoms with Gasteiger partial charge >= 0.3 is 5.97 Å². The second-order valence-corrected chi connectivity index (χ2v) is 6.94. The van der Waals surface area contributed by atoms with Gasteiger partial charge in [-0.05, 0) is 59.7 Å². The van der Waals surface area contributed by atoms with Crippen molar-refractivity contribution in [3.05, 3.63) is 102 Å². The number of H-pyrrole nitrogens is 1. The number of carbonyl (C=O) groups is 2. The Morgan fingerprint density at radius 1 is 1.00 bits per heavy atom. The highest BCUT2D eigenvalue weighted by Gasteiger charge is 2.16. The first-order valence-corrected chi connectivity index (χ1v) is 9.66. The first-order chi connectivity index (χ1) is 15.5. The van der Waals surface area contributed by atoms with E-state index in [-0.39, 0.29) is 29.4 Å². The van der Waals surface area contributed by atoms with E-state index < -0.39 is 5.97 Å². The summed E-state index contributed by atoms with van der Waals surface area (Å²) in [6.45, 7) is 0.199. The molecule has 4 rings (SSSR count). The molecule has 0 aliphatic carbocycles. The van der Waals surface area contributed by atoms with Gasteiger partial charge in [-0.2, -0.15) is 5.10 Å². The van der Waals surface area contributed by atoms with Gasteiger partial charge in [0.15, 0.2) is 0 Å². The van der Waals surface area contributed by atoms with E-state index in [0.29, 0.717) is 11.5 Å². The van der Waals surface area contributed by atoms with Crippen LogP contribution in [0, 0.1) is 5.82 Å². The quantitative estimate of drug-likeness (QED) is 0.396. The van der Waals surface area contributed by atoms with Gasteiger partial charge in [-0.1, -0.05) is 18.2 Å². The number of carboxylic acids is 1. The zero-order valence-corrected chi connectivity index (χ0v) is 16.7. The molecular formula is C24H18FN3O4. The molecule has 1 aromatic heterocycles. The molecule has 1 amide bonds. The minimum atomic E-state index is -1.01. The third-order valence-corrected chi connectivity index (χ3v) is 4.75. The number of aromatic carboxylic acids is 1. The molecule has 160 valence electrons. The molecule has 0 bridgehead atoms. The third kappa shape index (κ3) is 4.81. The highest BCUT2D eigenvalue weighted by Crippen LogP contribution is 2.30. The van der Waals surface area contributed by atoms with E-state index >= 15 is 0 Å². The lowest BCUT2D eigenvalue weighted by Crippen LogP contribution is -2.23. The molecule has 0 saturated heterocycles. The summed E-state index contributed by atoms with van der Waals surface area (Å²) in [6.07, 6.45) is 3.35. The third-order valence-electron chi connectivity index (χ3n) is 4.75. The predicted octanol–water partition coefficient (Wildman–Crippen LogP) is 4.64. The van der Waals surface area contributed by atoms with Crippen molar-refractivity contribution in [2.75, 3.05) is 0 Å². The zero-order chi connectivity index (χ0) is 22.5. The van der Waals surface area contributed by atoms with Crippen LogP contribution in [0.25, 0.3) is 11.1 Å². The number of hydrogen-bond donors (Lipinski definition) is 3. The topological polar surface area (TPSA) is 104 Å². The number of rotatable bonds is 7. The highest BCUT2D eigenvalue weighted by atomic mass is 19.1. The van der Waals surface area contributed by atoms with Gasteiger partial charge in [0.1, 0.15) is 17.3 Å². The van der Waals surface area contributed by atoms with Crippen molar-refractivity contribution < 1.29 is 23.8 Å². The molecule has 1 heterocycles. The first kappa shape index (κ1) is 20.8. The summed E-state index contributed by atoms with van der Waals surface area (Å²) in [7, 11) is 0. The maximum Gasteiger partial charge on any atom is 0.335 e. The summed E-state index contributed by atoms with van der Waals surface area (Å²) in [5.74, 6) is -1.09. The number of nitrogens with one attached hydrogen (secondary N) is 2. The fourth-order valence-electron chi connectivity index (χ4n) is 3.06. The van der Waals surface area contributed by atoms with Crippen LogP contribution in [-0.4, -0.2) is 27.2 Å². The van der Waals surface area contributed by atoms with Crippen molar-refractivity contribution in [1.82, 2.24) is 15.5 Å². The summed E-state index contributed by atoms with van der Waals surface area (Å²) in [4.78, 5) is 24.0. The van der Waals surface area contributed by atoms with Crippen molar-refractivity contribution in [1.29, 1.82) is 0 Å². The summed E-state index contributed by atoms with van der Waals surface area (Å²) < 4.78 is 19.0. The van der Waals surface area contributed by atoms with E-state index in [1.54, 1.807) is 42.7 Å². The minimum Gasteiger partial charge on any atom is -0.478 e. The summed E-state index contributed by atoms with van der Waals surface area (Å²) in [6, 6.07) is 16.9. The Labute approximate surface area is 182 Å². The van der Waals surface area contributed by atoms with E-state index in [2.05, 4.69) is 15.5 Å². The van der Waals surface area contributed by atoms with Gasteiger partial charge in [0, 0.05) is 18.3 Å². The molecule has 3 N–H and O–H groups in total. The predicted molar refractivity (Wildman–Crippen MR) is 115 cm³/mol. The van der Waals surface area contributed by atoms with E-state index in [9.17, 15) is 14.0 Å². The number of aromatic nitrogens is 2.